The summed E-state index contributed by atoms with van der Waals surface area (Å²) in [5.41, 5.74) is 1.58. The van der Waals surface area contributed by atoms with Gasteiger partial charge in [-0.15, -0.1) is 0 Å². The summed E-state index contributed by atoms with van der Waals surface area (Å²) in [6.45, 7) is -0.885. The summed E-state index contributed by atoms with van der Waals surface area (Å²) in [4.78, 5) is 11.9. The first-order valence-corrected chi connectivity index (χ1v) is 6.45. The van der Waals surface area contributed by atoms with Gasteiger partial charge in [-0.25, -0.2) is 0 Å². The molecule has 1 aromatic heterocycles. The van der Waals surface area contributed by atoms with Crippen LogP contribution in [0.15, 0.2) is 30.3 Å². The monoisotopic (exact) mass is 295 g/mol. The van der Waals surface area contributed by atoms with Crippen LogP contribution >= 0.6 is 0 Å². The Hall–Kier alpha value is -2.44. The van der Waals surface area contributed by atoms with Gasteiger partial charge in [-0.05, 0) is 18.6 Å². The Bertz CT molecular complexity index is 614. The molecule has 1 aromatic carbocycles. The first kappa shape index (κ1) is 15.0. The molecule has 7 heteroatoms. The van der Waals surface area contributed by atoms with Gasteiger partial charge in [0.05, 0.1) is 0 Å². The fourth-order valence-corrected chi connectivity index (χ4v) is 1.79. The Morgan fingerprint density at radius 3 is 2.86 bits per heavy atom. The number of hydrogen-bond donors (Lipinski definition) is 2. The van der Waals surface area contributed by atoms with Gasteiger partial charge < -0.3 is 10.1 Å². The third-order valence-corrected chi connectivity index (χ3v) is 2.87. The van der Waals surface area contributed by atoms with Crippen LogP contribution in [-0.2, 0) is 13.0 Å². The van der Waals surface area contributed by atoms with Gasteiger partial charge in [-0.1, -0.05) is 25.1 Å². The second kappa shape index (κ2) is 6.83. The summed E-state index contributed by atoms with van der Waals surface area (Å²) in [6, 6.07) is 7.96. The van der Waals surface area contributed by atoms with Crippen LogP contribution < -0.4 is 10.1 Å². The molecular weight excluding hydrogens is 280 g/mol. The SMILES string of the molecule is CCc1cc(C(=O)NCc2ccccc2OC(F)F)n[nH]1. The molecule has 0 aliphatic rings. The topological polar surface area (TPSA) is 67.0 Å². The highest BCUT2D eigenvalue weighted by atomic mass is 19.3. The second-order valence-corrected chi connectivity index (χ2v) is 4.30. The lowest BCUT2D eigenvalue weighted by atomic mass is 10.2. The predicted octanol–water partition coefficient (Wildman–Crippen LogP) is 2.50. The van der Waals surface area contributed by atoms with Crippen LogP contribution in [0.1, 0.15) is 28.7 Å². The minimum Gasteiger partial charge on any atom is -0.434 e. The van der Waals surface area contributed by atoms with E-state index < -0.39 is 6.61 Å². The number of para-hydroxylation sites is 1. The molecule has 0 bridgehead atoms. The van der Waals surface area contributed by atoms with Gasteiger partial charge in [-0.2, -0.15) is 13.9 Å². The summed E-state index contributed by atoms with van der Waals surface area (Å²) in [5, 5.41) is 9.24. The smallest absolute Gasteiger partial charge is 0.387 e. The number of ether oxygens (including phenoxy) is 1. The van der Waals surface area contributed by atoms with E-state index in [-0.39, 0.29) is 23.9 Å². The lowest BCUT2D eigenvalue weighted by Gasteiger charge is -2.10. The number of benzene rings is 1. The number of nitrogens with zero attached hydrogens (tertiary/aromatic N) is 1. The molecule has 0 radical (unpaired) electrons. The van der Waals surface area contributed by atoms with Crippen LogP contribution in [0.25, 0.3) is 0 Å². The van der Waals surface area contributed by atoms with Gasteiger partial charge in [0, 0.05) is 17.8 Å². The highest BCUT2D eigenvalue weighted by Crippen LogP contribution is 2.20. The number of carbonyl (C=O) groups excluding carboxylic acids is 1. The van der Waals surface area contributed by atoms with Crippen molar-refractivity contribution in [2.45, 2.75) is 26.5 Å². The van der Waals surface area contributed by atoms with Crippen molar-refractivity contribution in [1.29, 1.82) is 0 Å². The number of aromatic amines is 1. The molecule has 0 aliphatic heterocycles. The summed E-state index contributed by atoms with van der Waals surface area (Å²) >= 11 is 0. The molecule has 0 saturated heterocycles. The van der Waals surface area contributed by atoms with Crippen molar-refractivity contribution >= 4 is 5.91 Å². The van der Waals surface area contributed by atoms with Crippen LogP contribution in [0.4, 0.5) is 8.78 Å². The van der Waals surface area contributed by atoms with Crippen LogP contribution in [0.2, 0.25) is 0 Å². The maximum atomic E-state index is 12.3. The minimum atomic E-state index is -2.90. The van der Waals surface area contributed by atoms with Crippen molar-refractivity contribution in [3.63, 3.8) is 0 Å². The third-order valence-electron chi connectivity index (χ3n) is 2.87. The zero-order valence-corrected chi connectivity index (χ0v) is 11.4. The first-order valence-electron chi connectivity index (χ1n) is 6.45. The molecule has 21 heavy (non-hydrogen) atoms. The van der Waals surface area contributed by atoms with Gasteiger partial charge in [0.15, 0.2) is 0 Å². The molecule has 0 saturated carbocycles. The minimum absolute atomic E-state index is 0.0454. The standard InChI is InChI=1S/C14H15F2N3O2/c1-2-10-7-11(19-18-10)13(20)17-8-9-5-3-4-6-12(9)21-14(15)16/h3-7,14H,2,8H2,1H3,(H,17,20)(H,18,19). The first-order chi connectivity index (χ1) is 10.1. The molecular formula is C14H15F2N3O2. The largest absolute Gasteiger partial charge is 0.434 e. The number of hydrogen-bond acceptors (Lipinski definition) is 3. The van der Waals surface area contributed by atoms with E-state index in [0.29, 0.717) is 5.56 Å². The van der Waals surface area contributed by atoms with Gasteiger partial charge in [-0.3, -0.25) is 9.89 Å². The molecule has 5 nitrogen and oxygen atoms in total. The quantitative estimate of drug-likeness (QED) is 0.860. The van der Waals surface area contributed by atoms with E-state index in [9.17, 15) is 13.6 Å². The van der Waals surface area contributed by atoms with Crippen molar-refractivity contribution in [1.82, 2.24) is 15.5 Å². The Kier molecular flexibility index (Phi) is 4.86. The van der Waals surface area contributed by atoms with Crippen molar-refractivity contribution in [3.05, 3.63) is 47.3 Å². The molecule has 0 aliphatic carbocycles. The summed E-state index contributed by atoms with van der Waals surface area (Å²) in [6.07, 6.45) is 0.741. The zero-order valence-electron chi connectivity index (χ0n) is 11.4. The summed E-state index contributed by atoms with van der Waals surface area (Å²) in [7, 11) is 0. The van der Waals surface area contributed by atoms with Crippen LogP contribution in [0, 0.1) is 0 Å². The molecule has 0 spiro atoms. The number of aryl methyl sites for hydroxylation is 1. The predicted molar refractivity (Wildman–Crippen MR) is 72.2 cm³/mol. The Balaban J connectivity index is 2.01. The Morgan fingerprint density at radius 1 is 1.43 bits per heavy atom. The van der Waals surface area contributed by atoms with Crippen molar-refractivity contribution < 1.29 is 18.3 Å². The average Bonchev–Trinajstić information content (AvgIpc) is 2.94. The van der Waals surface area contributed by atoms with Gasteiger partial charge in [0.2, 0.25) is 0 Å². The lowest BCUT2D eigenvalue weighted by Crippen LogP contribution is -2.23. The number of carbonyl (C=O) groups is 1. The molecule has 1 amide bonds. The normalized spacial score (nSPS) is 10.7. The molecule has 112 valence electrons. The summed E-state index contributed by atoms with van der Waals surface area (Å²) in [5.74, 6) is -0.332. The third kappa shape index (κ3) is 4.01. The van der Waals surface area contributed by atoms with E-state index in [1.807, 2.05) is 6.92 Å². The number of H-pyrrole nitrogens is 1. The molecule has 0 fully saturated rings. The Morgan fingerprint density at radius 2 is 2.19 bits per heavy atom. The van der Waals surface area contributed by atoms with Crippen molar-refractivity contribution in [2.24, 2.45) is 0 Å². The number of nitrogens with one attached hydrogen (secondary N) is 2. The Labute approximate surface area is 120 Å². The van der Waals surface area contributed by atoms with Crippen LogP contribution in [0.5, 0.6) is 5.75 Å². The van der Waals surface area contributed by atoms with Gasteiger partial charge in [0.25, 0.3) is 5.91 Å². The van der Waals surface area contributed by atoms with E-state index in [0.717, 1.165) is 12.1 Å². The van der Waals surface area contributed by atoms with E-state index in [2.05, 4.69) is 20.3 Å². The molecule has 0 atom stereocenters. The average molecular weight is 295 g/mol. The van der Waals surface area contributed by atoms with Crippen LogP contribution in [-0.4, -0.2) is 22.7 Å². The number of amides is 1. The van der Waals surface area contributed by atoms with E-state index in [4.69, 9.17) is 0 Å². The molecule has 0 unspecified atom stereocenters. The van der Waals surface area contributed by atoms with E-state index >= 15 is 0 Å². The fourth-order valence-electron chi connectivity index (χ4n) is 1.79. The van der Waals surface area contributed by atoms with Crippen molar-refractivity contribution in [2.75, 3.05) is 0 Å². The highest BCUT2D eigenvalue weighted by Gasteiger charge is 2.12. The molecule has 1 heterocycles. The zero-order chi connectivity index (χ0) is 15.2. The number of alkyl halides is 2. The number of halogens is 2. The molecule has 2 rings (SSSR count). The summed E-state index contributed by atoms with van der Waals surface area (Å²) < 4.78 is 29.0. The molecule has 2 aromatic rings. The van der Waals surface area contributed by atoms with Gasteiger partial charge >= 0.3 is 6.61 Å². The highest BCUT2D eigenvalue weighted by molar-refractivity contribution is 5.92. The number of aromatic nitrogens is 2. The maximum absolute atomic E-state index is 12.3. The van der Waals surface area contributed by atoms with Crippen LogP contribution in [0.3, 0.4) is 0 Å². The lowest BCUT2D eigenvalue weighted by molar-refractivity contribution is -0.0504. The van der Waals surface area contributed by atoms with Crippen molar-refractivity contribution in [3.8, 4) is 5.75 Å². The van der Waals surface area contributed by atoms with E-state index in [1.165, 1.54) is 6.07 Å². The number of rotatable bonds is 6. The second-order valence-electron chi connectivity index (χ2n) is 4.30. The fraction of sp³-hybridized carbons (Fsp3) is 0.286. The maximum Gasteiger partial charge on any atom is 0.387 e. The van der Waals surface area contributed by atoms with Gasteiger partial charge in [0.1, 0.15) is 11.4 Å². The molecule has 2 N–H and O–H groups in total. The van der Waals surface area contributed by atoms with E-state index in [1.54, 1.807) is 24.3 Å².